The zero-order chi connectivity index (χ0) is 24.2. The molecule has 30 heavy (non-hydrogen) atoms. The van der Waals surface area contributed by atoms with Crippen LogP contribution in [0.3, 0.4) is 0 Å². The number of halogens is 1. The maximum absolute atomic E-state index is 13.0. The van der Waals surface area contributed by atoms with Gasteiger partial charge in [0.15, 0.2) is 0 Å². The first-order valence-corrected chi connectivity index (χ1v) is 10.0. The summed E-state index contributed by atoms with van der Waals surface area (Å²) in [5.74, 6) is -0.273. The summed E-state index contributed by atoms with van der Waals surface area (Å²) >= 11 is 0. The van der Waals surface area contributed by atoms with Gasteiger partial charge in [0.1, 0.15) is 11.6 Å². The number of phenols is 1. The molecule has 0 aliphatic carbocycles. The van der Waals surface area contributed by atoms with Crippen molar-refractivity contribution in [1.82, 2.24) is 0 Å². The molecule has 1 N–H and O–H groups in total. The van der Waals surface area contributed by atoms with Gasteiger partial charge in [0, 0.05) is 40.1 Å². The molecule has 0 bridgehead atoms. The van der Waals surface area contributed by atoms with E-state index >= 15 is 0 Å². The number of rotatable bonds is 7. The molecule has 0 atom stereocenters. The molecule has 0 aromatic heterocycles. The van der Waals surface area contributed by atoms with Crippen molar-refractivity contribution in [2.75, 3.05) is 34.5 Å². The fourth-order valence-corrected chi connectivity index (χ4v) is 1.21. The van der Waals surface area contributed by atoms with Gasteiger partial charge in [0.25, 0.3) is 0 Å². The SMILES string of the molecule is CC.CCC(C)=BOC#N.CCCOCc1cc(O)ccc1F.CCOC.COC. The van der Waals surface area contributed by atoms with Crippen LogP contribution in [0.4, 0.5) is 4.39 Å². The summed E-state index contributed by atoms with van der Waals surface area (Å²) in [6.45, 7) is 13.5. The Labute approximate surface area is 183 Å². The molecule has 1 aromatic rings. The van der Waals surface area contributed by atoms with Crippen LogP contribution in [-0.4, -0.2) is 52.2 Å². The summed E-state index contributed by atoms with van der Waals surface area (Å²) < 4.78 is 31.3. The van der Waals surface area contributed by atoms with E-state index in [1.807, 2.05) is 41.5 Å². The van der Waals surface area contributed by atoms with E-state index in [9.17, 15) is 4.39 Å². The Morgan fingerprint density at radius 2 is 1.70 bits per heavy atom. The fraction of sp³-hybridized carbons (Fsp3) is 0.636. The first-order valence-electron chi connectivity index (χ1n) is 10.0. The number of benzene rings is 1. The van der Waals surface area contributed by atoms with Crippen molar-refractivity contribution in [3.8, 4) is 12.0 Å². The van der Waals surface area contributed by atoms with E-state index in [1.165, 1.54) is 25.3 Å². The number of phenolic OH excluding ortho intramolecular Hbond substituents is 1. The van der Waals surface area contributed by atoms with E-state index in [0.717, 1.165) is 24.9 Å². The van der Waals surface area contributed by atoms with Crippen molar-refractivity contribution < 1.29 is 28.4 Å². The van der Waals surface area contributed by atoms with Gasteiger partial charge >= 0.3 is 49.0 Å². The normalized spacial score (nSPS) is 8.77. The van der Waals surface area contributed by atoms with Gasteiger partial charge in [-0.1, -0.05) is 20.8 Å². The van der Waals surface area contributed by atoms with Crippen LogP contribution in [0.25, 0.3) is 0 Å². The minimum atomic E-state index is -0.339. The summed E-state index contributed by atoms with van der Waals surface area (Å²) in [5, 5.41) is 17.0. The molecule has 0 radical (unpaired) electrons. The Balaban J connectivity index is -0.000000170. The second-order valence-electron chi connectivity index (χ2n) is 5.34. The number of nitriles is 1. The topological polar surface area (TPSA) is 80.9 Å². The van der Waals surface area contributed by atoms with Gasteiger partial charge in [-0.2, -0.15) is 0 Å². The molecule has 0 fully saturated rings. The largest absolute Gasteiger partial charge is 0.508 e. The molecule has 174 valence electrons. The molecule has 0 unspecified atom stereocenters. The second-order valence-corrected chi connectivity index (χ2v) is 5.34. The monoisotopic (exact) mass is 429 g/mol. The number of hydrogen-bond acceptors (Lipinski definition) is 6. The average molecular weight is 429 g/mol. The van der Waals surface area contributed by atoms with Gasteiger partial charge in [-0.15, -0.1) is 0 Å². The van der Waals surface area contributed by atoms with Crippen LogP contribution in [0, 0.1) is 17.3 Å². The first kappa shape index (κ1) is 35.5. The van der Waals surface area contributed by atoms with Gasteiger partial charge in [0.2, 0.25) is 0 Å². The van der Waals surface area contributed by atoms with E-state index in [2.05, 4.69) is 14.1 Å². The molecule has 6 nitrogen and oxygen atoms in total. The Hall–Kier alpha value is -1.95. The summed E-state index contributed by atoms with van der Waals surface area (Å²) in [5.41, 5.74) is 1.47. The molecular weight excluding hydrogens is 388 g/mol. The predicted octanol–water partition coefficient (Wildman–Crippen LogP) is 5.10. The molecule has 0 heterocycles. The molecule has 0 aliphatic heterocycles. The van der Waals surface area contributed by atoms with Gasteiger partial charge < -0.3 is 19.3 Å². The number of ether oxygens (including phenoxy) is 3. The first-order chi connectivity index (χ1) is 14.4. The van der Waals surface area contributed by atoms with Crippen molar-refractivity contribution in [1.29, 1.82) is 5.26 Å². The van der Waals surface area contributed by atoms with Crippen molar-refractivity contribution in [3.63, 3.8) is 0 Å². The molecule has 1 aromatic carbocycles. The van der Waals surface area contributed by atoms with Gasteiger partial charge in [-0.05, 0) is 31.5 Å². The Morgan fingerprint density at radius 1 is 1.17 bits per heavy atom. The molecule has 0 amide bonds. The molecule has 0 saturated heterocycles. The van der Waals surface area contributed by atoms with Crippen LogP contribution in [-0.2, 0) is 25.5 Å². The van der Waals surface area contributed by atoms with Crippen molar-refractivity contribution >= 4 is 12.6 Å². The molecular formula is C22H41BFNO5. The Kier molecular flexibility index (Phi) is 37.5. The van der Waals surface area contributed by atoms with Gasteiger partial charge in [0.05, 0.1) is 6.61 Å². The van der Waals surface area contributed by atoms with Crippen molar-refractivity contribution in [2.45, 2.75) is 61.0 Å². The van der Waals surface area contributed by atoms with E-state index in [1.54, 1.807) is 27.6 Å². The quantitative estimate of drug-likeness (QED) is 0.369. The maximum Gasteiger partial charge on any atom is 0.128 e. The third kappa shape index (κ3) is 30.8. The van der Waals surface area contributed by atoms with Crippen LogP contribution >= 0.6 is 0 Å². The summed E-state index contributed by atoms with van der Waals surface area (Å²) in [6, 6.07) is 3.93. The minimum Gasteiger partial charge on any atom is -0.508 e. The molecule has 1 rings (SSSR count). The summed E-state index contributed by atoms with van der Waals surface area (Å²) in [7, 11) is 6.39. The number of hydrogen-bond donors (Lipinski definition) is 1. The molecule has 0 aliphatic rings. The summed E-state index contributed by atoms with van der Waals surface area (Å²) in [4.78, 5) is 0. The zero-order valence-corrected chi connectivity index (χ0v) is 20.3. The number of aromatic hydroxyl groups is 1. The zero-order valence-electron chi connectivity index (χ0n) is 20.3. The third-order valence-corrected chi connectivity index (χ3v) is 2.79. The van der Waals surface area contributed by atoms with Crippen LogP contribution in [0.1, 0.15) is 59.9 Å². The Morgan fingerprint density at radius 3 is 2.10 bits per heavy atom. The van der Waals surface area contributed by atoms with Crippen molar-refractivity contribution in [2.24, 2.45) is 0 Å². The maximum atomic E-state index is 13.0. The van der Waals surface area contributed by atoms with Crippen LogP contribution < -0.4 is 0 Å². The van der Waals surface area contributed by atoms with E-state index < -0.39 is 0 Å². The van der Waals surface area contributed by atoms with Crippen LogP contribution in [0.5, 0.6) is 5.75 Å². The minimum absolute atomic E-state index is 0.0662. The average Bonchev–Trinajstić information content (AvgIpc) is 2.77. The number of methoxy groups -OCH3 is 2. The van der Waals surface area contributed by atoms with Gasteiger partial charge in [-0.3, -0.25) is 0 Å². The van der Waals surface area contributed by atoms with Crippen molar-refractivity contribution in [3.05, 3.63) is 29.6 Å². The predicted molar refractivity (Wildman–Crippen MR) is 123 cm³/mol. The molecule has 0 spiro atoms. The van der Waals surface area contributed by atoms with E-state index in [4.69, 9.17) is 15.1 Å². The smallest absolute Gasteiger partial charge is 0.128 e. The summed E-state index contributed by atoms with van der Waals surface area (Å²) in [6.07, 6.45) is 3.39. The Bertz CT molecular complexity index is 535. The number of nitrogens with zero attached hydrogens (tertiary/aromatic N) is 1. The van der Waals surface area contributed by atoms with Crippen LogP contribution in [0.2, 0.25) is 0 Å². The second kappa shape index (κ2) is 31.7. The van der Waals surface area contributed by atoms with E-state index in [0.29, 0.717) is 12.2 Å². The molecule has 0 saturated carbocycles. The van der Waals surface area contributed by atoms with Gasteiger partial charge in [-0.25, -0.2) is 4.39 Å². The standard InChI is InChI=1S/C10H13FO2.C5H8BNO.C3H8O.C2H6O.C2H6/c1-2-5-13-7-8-6-9(12)3-4-10(8)11;1-3-5(2)6-8-4-7;1-3-4-2;1-3-2;1-2/h3-4,6,12H,2,5,7H2,1H3;3H2,1-2H3;3H2,1-2H3;1-2H3;1-2H3. The van der Waals surface area contributed by atoms with E-state index in [-0.39, 0.29) is 18.2 Å². The fourth-order valence-electron chi connectivity index (χ4n) is 1.21. The van der Waals surface area contributed by atoms with Crippen LogP contribution in [0.15, 0.2) is 18.2 Å². The third-order valence-electron chi connectivity index (χ3n) is 2.79. The molecule has 8 heteroatoms.